The predicted molar refractivity (Wildman–Crippen MR) is 143 cm³/mol. The SMILES string of the molecule is CC(C)Oc1ccc(-c2ncc(-c3cccc4c3CCC4NS(=O)(=O)CCN3CCC3)s2)cc1C#N. The zero-order valence-corrected chi connectivity index (χ0v) is 22.2. The van der Waals surface area contributed by atoms with Crippen LogP contribution in [0.25, 0.3) is 21.0 Å². The summed E-state index contributed by atoms with van der Waals surface area (Å²) in [7, 11) is -3.34. The van der Waals surface area contributed by atoms with E-state index in [0.717, 1.165) is 58.9 Å². The molecule has 0 saturated carbocycles. The topological polar surface area (TPSA) is 95.3 Å². The number of thiazole rings is 1. The van der Waals surface area contributed by atoms with E-state index < -0.39 is 10.0 Å². The highest BCUT2D eigenvalue weighted by molar-refractivity contribution is 7.89. The van der Waals surface area contributed by atoms with Crippen molar-refractivity contribution in [3.05, 3.63) is 59.3 Å². The molecule has 1 fully saturated rings. The van der Waals surface area contributed by atoms with Gasteiger partial charge in [0.05, 0.1) is 22.3 Å². The summed E-state index contributed by atoms with van der Waals surface area (Å²) in [5, 5.41) is 10.4. The molecule has 36 heavy (non-hydrogen) atoms. The number of ether oxygens (including phenoxy) is 1. The standard InChI is InChI=1S/C27H30N4O3S2/c1-18(2)34-25-10-7-19(15-20(25)16-28)27-29-17-26(35-27)23-6-3-5-22-21(23)8-9-24(22)30-36(32,33)14-13-31-11-4-12-31/h3,5-7,10,15,17-18,24,30H,4,8-9,11-14H2,1-2H3. The largest absolute Gasteiger partial charge is 0.490 e. The molecule has 1 saturated heterocycles. The first-order chi connectivity index (χ1) is 17.3. The monoisotopic (exact) mass is 522 g/mol. The minimum Gasteiger partial charge on any atom is -0.490 e. The highest BCUT2D eigenvalue weighted by Crippen LogP contribution is 2.41. The van der Waals surface area contributed by atoms with Gasteiger partial charge in [0.25, 0.3) is 0 Å². The van der Waals surface area contributed by atoms with Crippen molar-refractivity contribution in [2.75, 3.05) is 25.4 Å². The smallest absolute Gasteiger partial charge is 0.213 e. The molecular weight excluding hydrogens is 492 g/mol. The second-order valence-electron chi connectivity index (χ2n) is 9.62. The summed E-state index contributed by atoms with van der Waals surface area (Å²) in [4.78, 5) is 7.84. The lowest BCUT2D eigenvalue weighted by Gasteiger charge is -2.30. The van der Waals surface area contributed by atoms with E-state index in [1.165, 1.54) is 5.56 Å². The van der Waals surface area contributed by atoms with Gasteiger partial charge in [0.2, 0.25) is 10.0 Å². The Hall–Kier alpha value is -2.77. The fourth-order valence-electron chi connectivity index (χ4n) is 4.78. The van der Waals surface area contributed by atoms with Crippen LogP contribution in [0.3, 0.4) is 0 Å². The van der Waals surface area contributed by atoms with Crippen LogP contribution in [0.1, 0.15) is 49.4 Å². The Labute approximate surface area is 216 Å². The van der Waals surface area contributed by atoms with E-state index in [9.17, 15) is 13.7 Å². The van der Waals surface area contributed by atoms with E-state index in [-0.39, 0.29) is 17.9 Å². The lowest BCUT2D eigenvalue weighted by Crippen LogP contribution is -2.42. The number of fused-ring (bicyclic) bond motifs is 1. The minimum atomic E-state index is -3.34. The molecular formula is C27H30N4O3S2. The maximum absolute atomic E-state index is 12.7. The van der Waals surface area contributed by atoms with E-state index in [2.05, 4.69) is 26.7 Å². The normalized spacial score (nSPS) is 17.6. The van der Waals surface area contributed by atoms with Crippen LogP contribution in [0.2, 0.25) is 0 Å². The third-order valence-electron chi connectivity index (χ3n) is 6.70. The van der Waals surface area contributed by atoms with Crippen LogP contribution in [-0.4, -0.2) is 49.8 Å². The number of nitrogens with one attached hydrogen (secondary N) is 1. The average Bonchev–Trinajstić information content (AvgIpc) is 3.45. The van der Waals surface area contributed by atoms with Crippen molar-refractivity contribution in [3.63, 3.8) is 0 Å². The van der Waals surface area contributed by atoms with Gasteiger partial charge in [0.1, 0.15) is 16.8 Å². The molecule has 2 aliphatic rings. The molecule has 0 radical (unpaired) electrons. The number of benzene rings is 2. The predicted octanol–water partition coefficient (Wildman–Crippen LogP) is 4.75. The van der Waals surface area contributed by atoms with E-state index >= 15 is 0 Å². The molecule has 1 aliphatic carbocycles. The zero-order valence-electron chi connectivity index (χ0n) is 20.5. The number of hydrogen-bond donors (Lipinski definition) is 1. The molecule has 2 heterocycles. The first-order valence-corrected chi connectivity index (χ1v) is 14.8. The van der Waals surface area contributed by atoms with Crippen molar-refractivity contribution in [1.82, 2.24) is 14.6 Å². The number of aromatic nitrogens is 1. The Balaban J connectivity index is 1.35. The van der Waals surface area contributed by atoms with Gasteiger partial charge in [0, 0.05) is 24.3 Å². The van der Waals surface area contributed by atoms with Crippen LogP contribution in [0.4, 0.5) is 0 Å². The minimum absolute atomic E-state index is 0.0107. The second kappa shape index (κ2) is 10.3. The van der Waals surface area contributed by atoms with Gasteiger partial charge in [-0.3, -0.25) is 0 Å². The van der Waals surface area contributed by atoms with E-state index in [1.54, 1.807) is 11.3 Å². The van der Waals surface area contributed by atoms with Crippen LogP contribution < -0.4 is 9.46 Å². The lowest BCUT2D eigenvalue weighted by atomic mass is 10.0. The molecule has 1 aliphatic heterocycles. The highest BCUT2D eigenvalue weighted by Gasteiger charge is 2.29. The highest BCUT2D eigenvalue weighted by atomic mass is 32.2. The molecule has 7 nitrogen and oxygen atoms in total. The van der Waals surface area contributed by atoms with Crippen molar-refractivity contribution < 1.29 is 13.2 Å². The summed E-state index contributed by atoms with van der Waals surface area (Å²) < 4.78 is 34.1. The number of rotatable bonds is 9. The molecule has 1 aromatic heterocycles. The Morgan fingerprint density at radius 2 is 2.11 bits per heavy atom. The number of likely N-dealkylation sites (tertiary alicyclic amines) is 1. The first kappa shape index (κ1) is 24.9. The molecule has 2 aromatic carbocycles. The van der Waals surface area contributed by atoms with Gasteiger partial charge in [-0.2, -0.15) is 5.26 Å². The van der Waals surface area contributed by atoms with Crippen LogP contribution in [-0.2, 0) is 16.4 Å². The average molecular weight is 523 g/mol. The molecule has 1 N–H and O–H groups in total. The Kier molecular flexibility index (Phi) is 7.13. The van der Waals surface area contributed by atoms with Crippen molar-refractivity contribution in [2.45, 2.75) is 45.3 Å². The summed E-state index contributed by atoms with van der Waals surface area (Å²) in [5.41, 5.74) is 4.69. The van der Waals surface area contributed by atoms with E-state index in [4.69, 9.17) is 4.74 Å². The quantitative estimate of drug-likeness (QED) is 0.436. The third-order valence-corrected chi connectivity index (χ3v) is 9.14. The third kappa shape index (κ3) is 5.32. The number of hydrogen-bond acceptors (Lipinski definition) is 7. The van der Waals surface area contributed by atoms with Crippen LogP contribution in [0.5, 0.6) is 5.75 Å². The van der Waals surface area contributed by atoms with Crippen molar-refractivity contribution >= 4 is 21.4 Å². The second-order valence-corrected chi connectivity index (χ2v) is 12.5. The van der Waals surface area contributed by atoms with Crippen LogP contribution >= 0.6 is 11.3 Å². The molecule has 1 unspecified atom stereocenters. The van der Waals surface area contributed by atoms with Gasteiger partial charge >= 0.3 is 0 Å². The maximum atomic E-state index is 12.7. The summed E-state index contributed by atoms with van der Waals surface area (Å²) >= 11 is 1.57. The van der Waals surface area contributed by atoms with Gasteiger partial charge < -0.3 is 9.64 Å². The van der Waals surface area contributed by atoms with Gasteiger partial charge in [-0.1, -0.05) is 18.2 Å². The van der Waals surface area contributed by atoms with Crippen molar-refractivity contribution in [3.8, 4) is 32.8 Å². The molecule has 0 amide bonds. The summed E-state index contributed by atoms with van der Waals surface area (Å²) in [5.74, 6) is 0.717. The Morgan fingerprint density at radius 1 is 1.28 bits per heavy atom. The molecule has 188 valence electrons. The molecule has 5 rings (SSSR count). The van der Waals surface area contributed by atoms with Gasteiger partial charge in [-0.05, 0) is 81.1 Å². The lowest BCUT2D eigenvalue weighted by molar-refractivity contribution is 0.193. The molecule has 0 spiro atoms. The number of sulfonamides is 1. The summed E-state index contributed by atoms with van der Waals surface area (Å²) in [6.07, 6.45) is 4.58. The maximum Gasteiger partial charge on any atom is 0.213 e. The van der Waals surface area contributed by atoms with Crippen LogP contribution in [0, 0.1) is 11.3 Å². The zero-order chi connectivity index (χ0) is 25.3. The van der Waals surface area contributed by atoms with E-state index in [0.29, 0.717) is 17.9 Å². The molecule has 1 atom stereocenters. The van der Waals surface area contributed by atoms with Crippen molar-refractivity contribution in [1.29, 1.82) is 5.26 Å². The Morgan fingerprint density at radius 3 is 2.83 bits per heavy atom. The van der Waals surface area contributed by atoms with Crippen molar-refractivity contribution in [2.24, 2.45) is 0 Å². The number of nitriles is 1. The molecule has 9 heteroatoms. The fourth-order valence-corrected chi connectivity index (χ4v) is 7.04. The summed E-state index contributed by atoms with van der Waals surface area (Å²) in [6.45, 7) is 6.45. The van der Waals surface area contributed by atoms with Gasteiger partial charge in [-0.25, -0.2) is 18.1 Å². The van der Waals surface area contributed by atoms with Gasteiger partial charge in [-0.15, -0.1) is 11.3 Å². The Bertz CT molecular complexity index is 1400. The fraction of sp³-hybridized carbons (Fsp3) is 0.407. The van der Waals surface area contributed by atoms with Gasteiger partial charge in [0.15, 0.2) is 0 Å². The van der Waals surface area contributed by atoms with E-state index in [1.807, 2.05) is 50.4 Å². The summed E-state index contributed by atoms with van der Waals surface area (Å²) in [6, 6.07) is 13.7. The number of nitrogens with zero attached hydrogens (tertiary/aromatic N) is 3. The first-order valence-electron chi connectivity index (χ1n) is 12.3. The molecule has 0 bridgehead atoms. The van der Waals surface area contributed by atoms with Crippen LogP contribution in [0.15, 0.2) is 42.6 Å². The molecule has 3 aromatic rings.